The van der Waals surface area contributed by atoms with Crippen LogP contribution in [0.3, 0.4) is 0 Å². The lowest BCUT2D eigenvalue weighted by Crippen LogP contribution is -2.48. The van der Waals surface area contributed by atoms with Crippen LogP contribution in [0.15, 0.2) is 41.8 Å². The van der Waals surface area contributed by atoms with Crippen LogP contribution in [0.4, 0.5) is 5.13 Å². The monoisotopic (exact) mass is 589 g/mol. The smallest absolute Gasteiger partial charge is 0.307 e. The summed E-state index contributed by atoms with van der Waals surface area (Å²) in [6.07, 6.45) is 3.46. The molecule has 222 valence electrons. The van der Waals surface area contributed by atoms with Gasteiger partial charge in [-0.1, -0.05) is 17.7 Å². The van der Waals surface area contributed by atoms with E-state index in [2.05, 4.69) is 23.3 Å². The van der Waals surface area contributed by atoms with Crippen molar-refractivity contribution in [1.29, 1.82) is 0 Å². The molecule has 42 heavy (non-hydrogen) atoms. The third-order valence-electron chi connectivity index (χ3n) is 9.23. The van der Waals surface area contributed by atoms with E-state index in [0.717, 1.165) is 71.2 Å². The number of carboxylic acids is 1. The molecule has 2 aliphatic heterocycles. The fraction of sp³-hybridized carbons (Fsp3) is 0.485. The second kappa shape index (κ2) is 11.3. The van der Waals surface area contributed by atoms with Crippen LogP contribution in [0, 0.1) is 31.6 Å². The SMILES string of the molecule is Cc1ccc(OCc2ccc(C(=O)N3CCCC(C)(O)C3)cc2C)c(-c2csc(N3CC4CCC(C3)C4C(=O)O)n2)c1. The Morgan fingerprint density at radius 2 is 1.88 bits per heavy atom. The number of likely N-dealkylation sites (tertiary alicyclic amines) is 1. The number of thiazole rings is 1. The fourth-order valence-electron chi connectivity index (χ4n) is 7.01. The van der Waals surface area contributed by atoms with Crippen molar-refractivity contribution < 1.29 is 24.5 Å². The van der Waals surface area contributed by atoms with E-state index in [1.54, 1.807) is 23.2 Å². The summed E-state index contributed by atoms with van der Waals surface area (Å²) in [6, 6.07) is 11.8. The van der Waals surface area contributed by atoms with Crippen LogP contribution in [0.2, 0.25) is 0 Å². The summed E-state index contributed by atoms with van der Waals surface area (Å²) in [6.45, 7) is 8.69. The number of hydrogen-bond donors (Lipinski definition) is 2. The molecule has 3 atom stereocenters. The first-order valence-electron chi connectivity index (χ1n) is 14.9. The number of aliphatic hydroxyl groups is 1. The summed E-state index contributed by atoms with van der Waals surface area (Å²) in [5, 5.41) is 23.1. The highest BCUT2D eigenvalue weighted by Gasteiger charge is 2.46. The van der Waals surface area contributed by atoms with Gasteiger partial charge in [-0.3, -0.25) is 9.59 Å². The number of benzene rings is 2. The van der Waals surface area contributed by atoms with E-state index >= 15 is 0 Å². The number of aryl methyl sites for hydroxylation is 2. The number of fused-ring (bicyclic) bond motifs is 2. The number of ether oxygens (including phenoxy) is 1. The molecular formula is C33H39N3O5S. The van der Waals surface area contributed by atoms with Crippen molar-refractivity contribution >= 4 is 28.3 Å². The zero-order chi connectivity index (χ0) is 29.6. The first kappa shape index (κ1) is 28.7. The van der Waals surface area contributed by atoms with Gasteiger partial charge in [0.05, 0.1) is 17.2 Å². The zero-order valence-electron chi connectivity index (χ0n) is 24.5. The molecule has 0 spiro atoms. The molecule has 0 radical (unpaired) electrons. The molecule has 2 saturated heterocycles. The molecule has 1 aliphatic carbocycles. The first-order valence-corrected chi connectivity index (χ1v) is 15.7. The second-order valence-electron chi connectivity index (χ2n) is 12.6. The maximum absolute atomic E-state index is 13.1. The number of piperidine rings is 2. The zero-order valence-corrected chi connectivity index (χ0v) is 25.3. The topological polar surface area (TPSA) is 103 Å². The summed E-state index contributed by atoms with van der Waals surface area (Å²) in [5.41, 5.74) is 4.67. The summed E-state index contributed by atoms with van der Waals surface area (Å²) in [7, 11) is 0. The molecule has 2 aromatic carbocycles. The molecule has 9 heteroatoms. The average molecular weight is 590 g/mol. The maximum atomic E-state index is 13.1. The fourth-order valence-corrected chi connectivity index (χ4v) is 7.85. The summed E-state index contributed by atoms with van der Waals surface area (Å²) in [5.74, 6) is 0.186. The van der Waals surface area contributed by atoms with Crippen molar-refractivity contribution in [1.82, 2.24) is 9.88 Å². The minimum atomic E-state index is -0.836. The van der Waals surface area contributed by atoms with Gasteiger partial charge in [0.15, 0.2) is 5.13 Å². The highest BCUT2D eigenvalue weighted by atomic mass is 32.1. The van der Waals surface area contributed by atoms with Crippen LogP contribution in [0.1, 0.15) is 59.7 Å². The van der Waals surface area contributed by atoms with E-state index < -0.39 is 11.6 Å². The van der Waals surface area contributed by atoms with Crippen molar-refractivity contribution in [3.8, 4) is 17.0 Å². The highest BCUT2D eigenvalue weighted by molar-refractivity contribution is 7.14. The van der Waals surface area contributed by atoms with Gasteiger partial charge in [0.2, 0.25) is 0 Å². The Labute approximate surface area is 251 Å². The summed E-state index contributed by atoms with van der Waals surface area (Å²) < 4.78 is 6.35. The number of rotatable bonds is 7. The number of nitrogens with zero attached hydrogens (tertiary/aromatic N) is 3. The molecule has 1 aromatic heterocycles. The van der Waals surface area contributed by atoms with Gasteiger partial charge in [0, 0.05) is 42.7 Å². The lowest BCUT2D eigenvalue weighted by Gasteiger charge is -2.36. The number of aliphatic carboxylic acids is 1. The van der Waals surface area contributed by atoms with E-state index in [9.17, 15) is 19.8 Å². The summed E-state index contributed by atoms with van der Waals surface area (Å²) >= 11 is 1.60. The molecule has 2 N–H and O–H groups in total. The van der Waals surface area contributed by atoms with E-state index in [1.807, 2.05) is 37.3 Å². The molecule has 8 nitrogen and oxygen atoms in total. The van der Waals surface area contributed by atoms with Crippen LogP contribution in [-0.2, 0) is 11.4 Å². The Morgan fingerprint density at radius 3 is 2.57 bits per heavy atom. The van der Waals surface area contributed by atoms with Gasteiger partial charge >= 0.3 is 5.97 Å². The van der Waals surface area contributed by atoms with Gasteiger partial charge in [-0.2, -0.15) is 0 Å². The normalized spacial score (nSPS) is 25.5. The van der Waals surface area contributed by atoms with Crippen molar-refractivity contribution in [2.24, 2.45) is 17.8 Å². The summed E-state index contributed by atoms with van der Waals surface area (Å²) in [4.78, 5) is 33.9. The van der Waals surface area contributed by atoms with Crippen LogP contribution in [-0.4, -0.2) is 63.8 Å². The molecule has 3 unspecified atom stereocenters. The molecule has 3 aliphatic rings. The molecule has 2 bridgehead atoms. The third-order valence-corrected chi connectivity index (χ3v) is 10.1. The van der Waals surface area contributed by atoms with Crippen LogP contribution < -0.4 is 9.64 Å². The quantitative estimate of drug-likeness (QED) is 0.373. The van der Waals surface area contributed by atoms with Gasteiger partial charge in [0.1, 0.15) is 12.4 Å². The van der Waals surface area contributed by atoms with Crippen LogP contribution >= 0.6 is 11.3 Å². The second-order valence-corrected chi connectivity index (χ2v) is 13.5. The van der Waals surface area contributed by atoms with E-state index in [4.69, 9.17) is 9.72 Å². The number of aromatic nitrogens is 1. The minimum absolute atomic E-state index is 0.0501. The van der Waals surface area contributed by atoms with Crippen molar-refractivity contribution in [2.75, 3.05) is 31.1 Å². The molecular weight excluding hydrogens is 550 g/mol. The lowest BCUT2D eigenvalue weighted by atomic mass is 9.85. The lowest BCUT2D eigenvalue weighted by molar-refractivity contribution is -0.144. The average Bonchev–Trinajstić information content (AvgIpc) is 3.54. The van der Waals surface area contributed by atoms with Gasteiger partial charge < -0.3 is 24.7 Å². The van der Waals surface area contributed by atoms with Crippen molar-refractivity contribution in [2.45, 2.75) is 58.7 Å². The van der Waals surface area contributed by atoms with Crippen LogP contribution in [0.25, 0.3) is 11.3 Å². The van der Waals surface area contributed by atoms with Gasteiger partial charge in [-0.25, -0.2) is 4.98 Å². The number of carbonyl (C=O) groups is 2. The number of β-amino-alcohol motifs (C(OH)–C–C–N with tert-alkyl or cyclic N) is 1. The predicted octanol–water partition coefficient (Wildman–Crippen LogP) is 5.54. The van der Waals surface area contributed by atoms with Gasteiger partial charge in [-0.05, 0) is 93.7 Å². The molecule has 1 amide bonds. The third kappa shape index (κ3) is 5.77. The maximum Gasteiger partial charge on any atom is 0.307 e. The van der Waals surface area contributed by atoms with Crippen molar-refractivity contribution in [3.05, 3.63) is 64.0 Å². The molecule has 3 fully saturated rings. The predicted molar refractivity (Wildman–Crippen MR) is 163 cm³/mol. The first-order chi connectivity index (χ1) is 20.1. The Bertz CT molecular complexity index is 1490. The highest BCUT2D eigenvalue weighted by Crippen LogP contribution is 2.44. The van der Waals surface area contributed by atoms with Gasteiger partial charge in [0.25, 0.3) is 5.91 Å². The van der Waals surface area contributed by atoms with Crippen molar-refractivity contribution in [3.63, 3.8) is 0 Å². The number of amides is 1. The Hall–Kier alpha value is -3.43. The standard InChI is InChI=1S/C33H39N3O5S/c1-20-5-10-28(41-17-25-9-6-22(14-21(25)2)30(37)35-12-4-11-33(3,40)19-35)26(13-20)27-18-42-32(34-27)36-15-23-7-8-24(16-36)29(23)31(38)39/h5-6,9-10,13-14,18,23-24,29,40H,4,7-8,11-12,15-17,19H2,1-3H3,(H,38,39). The Balaban J connectivity index is 1.15. The molecule has 3 heterocycles. The number of carbonyl (C=O) groups excluding carboxylic acids is 1. The molecule has 6 rings (SSSR count). The Kier molecular flexibility index (Phi) is 7.74. The number of hydrogen-bond acceptors (Lipinski definition) is 7. The van der Waals surface area contributed by atoms with Crippen LogP contribution in [0.5, 0.6) is 5.75 Å². The molecule has 3 aromatic rings. The minimum Gasteiger partial charge on any atom is -0.488 e. The van der Waals surface area contributed by atoms with E-state index in [0.29, 0.717) is 31.7 Å². The van der Waals surface area contributed by atoms with Gasteiger partial charge in [-0.15, -0.1) is 11.3 Å². The molecule has 1 saturated carbocycles. The largest absolute Gasteiger partial charge is 0.488 e. The number of carboxylic acid groups (broad SMARTS) is 1. The Morgan fingerprint density at radius 1 is 1.12 bits per heavy atom. The van der Waals surface area contributed by atoms with E-state index in [-0.39, 0.29) is 23.7 Å². The number of anilines is 1. The van der Waals surface area contributed by atoms with E-state index in [1.165, 1.54) is 0 Å².